The van der Waals surface area contributed by atoms with Gasteiger partial charge in [0.15, 0.2) is 0 Å². The minimum atomic E-state index is -1.14. The first-order valence-corrected chi connectivity index (χ1v) is 19.6. The van der Waals surface area contributed by atoms with Gasteiger partial charge in [0.05, 0.1) is 42.7 Å². The molecule has 54 heavy (non-hydrogen) atoms. The molecule has 1 fully saturated rings. The van der Waals surface area contributed by atoms with E-state index in [0.717, 1.165) is 12.0 Å². The van der Waals surface area contributed by atoms with Gasteiger partial charge in [-0.05, 0) is 49.8 Å². The van der Waals surface area contributed by atoms with Gasteiger partial charge >= 0.3 is 5.97 Å². The molecule has 1 aliphatic heterocycles. The van der Waals surface area contributed by atoms with E-state index in [-0.39, 0.29) is 48.3 Å². The van der Waals surface area contributed by atoms with Crippen molar-refractivity contribution in [2.45, 2.75) is 130 Å². The van der Waals surface area contributed by atoms with Gasteiger partial charge in [-0.2, -0.15) is 0 Å². The second-order valence-corrected chi connectivity index (χ2v) is 15.7. The number of carboxylic acids is 1. The maximum atomic E-state index is 14.3. The molecule has 1 saturated heterocycles. The molecule has 0 aromatic heterocycles. The summed E-state index contributed by atoms with van der Waals surface area (Å²) in [5.74, 6) is -3.18. The molecule has 0 saturated carbocycles. The van der Waals surface area contributed by atoms with Gasteiger partial charge in [0.25, 0.3) is 0 Å². The number of hydrogen-bond acceptors (Lipinski definition) is 8. The maximum absolute atomic E-state index is 14.3. The van der Waals surface area contributed by atoms with Crippen LogP contribution in [-0.4, -0.2) is 133 Å². The number of nitrogens with one attached hydrogen (secondary N) is 2. The predicted molar refractivity (Wildman–Crippen MR) is 210 cm³/mol. The lowest BCUT2D eigenvalue weighted by atomic mass is 9.89. The topological polar surface area (TPSA) is 158 Å². The van der Waals surface area contributed by atoms with Crippen molar-refractivity contribution < 1.29 is 38.6 Å². The van der Waals surface area contributed by atoms with Crippen LogP contribution in [0.15, 0.2) is 30.3 Å². The van der Waals surface area contributed by atoms with Crippen LogP contribution in [0.3, 0.4) is 0 Å². The number of carbonyl (C=O) groups excluding carboxylic acids is 4. The molecule has 0 radical (unpaired) electrons. The third kappa shape index (κ3) is 12.2. The second-order valence-electron chi connectivity index (χ2n) is 15.7. The average molecular weight is 760 g/mol. The number of carboxylic acid groups (broad SMARTS) is 1. The molecule has 1 aliphatic rings. The molecule has 0 aliphatic carbocycles. The molecule has 0 spiro atoms. The number of likely N-dealkylation sites (N-methyl/N-ethyl adjacent to an activating group) is 2. The molecule has 3 N–H and O–H groups in total. The molecule has 9 atom stereocenters. The van der Waals surface area contributed by atoms with Crippen LogP contribution in [0.4, 0.5) is 0 Å². The minimum Gasteiger partial charge on any atom is -0.480 e. The summed E-state index contributed by atoms with van der Waals surface area (Å²) in [6, 6.07) is 5.91. The highest BCUT2D eigenvalue weighted by Crippen LogP contribution is 2.30. The van der Waals surface area contributed by atoms with E-state index >= 15 is 0 Å². The Hall–Kier alpha value is -3.55. The van der Waals surface area contributed by atoms with E-state index in [2.05, 4.69) is 10.6 Å². The predicted octanol–water partition coefficient (Wildman–Crippen LogP) is 3.84. The van der Waals surface area contributed by atoms with Crippen molar-refractivity contribution >= 4 is 29.6 Å². The van der Waals surface area contributed by atoms with Crippen LogP contribution in [0.1, 0.15) is 86.6 Å². The molecule has 1 aromatic rings. The summed E-state index contributed by atoms with van der Waals surface area (Å²) < 4.78 is 11.9. The van der Waals surface area contributed by atoms with Crippen molar-refractivity contribution in [3.63, 3.8) is 0 Å². The molecule has 13 nitrogen and oxygen atoms in total. The van der Waals surface area contributed by atoms with Gasteiger partial charge in [0.2, 0.25) is 23.6 Å². The molecular weight excluding hydrogens is 690 g/mol. The Bertz CT molecular complexity index is 1360. The van der Waals surface area contributed by atoms with E-state index in [1.54, 1.807) is 30.9 Å². The number of carbonyl (C=O) groups is 5. The quantitative estimate of drug-likeness (QED) is 0.160. The SMILES string of the molecule is CC[C@H](C)[C@@H]([C@@H](CC(=O)N1CCC[C@H]1[C@H](OC)[C@@H](C)C(=O)N[C@@H](Cc1ccccc1)C(=O)O)OC)N(C)C(=O)[C@@H](NC(=O)[C@H](C(C)C)N(C)CC)C(C)C. The fraction of sp³-hybridized carbons (Fsp3) is 0.732. The van der Waals surface area contributed by atoms with Crippen LogP contribution < -0.4 is 10.6 Å². The summed E-state index contributed by atoms with van der Waals surface area (Å²) in [6.45, 7) is 16.7. The van der Waals surface area contributed by atoms with Crippen LogP contribution >= 0.6 is 0 Å². The molecule has 0 bridgehead atoms. The van der Waals surface area contributed by atoms with E-state index in [0.29, 0.717) is 25.9 Å². The lowest BCUT2D eigenvalue weighted by Gasteiger charge is -2.41. The average Bonchev–Trinajstić information content (AvgIpc) is 3.62. The summed E-state index contributed by atoms with van der Waals surface area (Å²) in [4.78, 5) is 73.0. The summed E-state index contributed by atoms with van der Waals surface area (Å²) in [6.07, 6.45) is 0.821. The Kier molecular flexibility index (Phi) is 19.1. The van der Waals surface area contributed by atoms with Crippen molar-refractivity contribution in [3.8, 4) is 0 Å². The van der Waals surface area contributed by atoms with E-state index in [9.17, 15) is 29.1 Å². The number of hydrogen-bond donors (Lipinski definition) is 3. The maximum Gasteiger partial charge on any atom is 0.326 e. The van der Waals surface area contributed by atoms with Gasteiger partial charge in [-0.15, -0.1) is 0 Å². The summed E-state index contributed by atoms with van der Waals surface area (Å²) >= 11 is 0. The molecule has 0 unspecified atom stereocenters. The van der Waals surface area contributed by atoms with Crippen LogP contribution in [-0.2, 0) is 39.9 Å². The van der Waals surface area contributed by atoms with Crippen molar-refractivity contribution in [1.29, 1.82) is 0 Å². The van der Waals surface area contributed by atoms with E-state index in [4.69, 9.17) is 9.47 Å². The van der Waals surface area contributed by atoms with Gasteiger partial charge < -0.3 is 35.0 Å². The lowest BCUT2D eigenvalue weighted by molar-refractivity contribution is -0.148. The first kappa shape index (κ1) is 46.6. The van der Waals surface area contributed by atoms with Gasteiger partial charge in [-0.3, -0.25) is 24.1 Å². The zero-order valence-corrected chi connectivity index (χ0v) is 34.8. The van der Waals surface area contributed by atoms with Gasteiger partial charge in [0.1, 0.15) is 12.1 Å². The zero-order valence-electron chi connectivity index (χ0n) is 34.8. The third-order valence-corrected chi connectivity index (χ3v) is 11.3. The first-order valence-electron chi connectivity index (χ1n) is 19.6. The highest BCUT2D eigenvalue weighted by atomic mass is 16.5. The number of rotatable bonds is 22. The number of nitrogens with zero attached hydrogens (tertiary/aromatic N) is 3. The molecule has 306 valence electrons. The van der Waals surface area contributed by atoms with Crippen LogP contribution in [0, 0.1) is 23.7 Å². The smallest absolute Gasteiger partial charge is 0.326 e. The molecule has 1 aromatic carbocycles. The summed E-state index contributed by atoms with van der Waals surface area (Å²) in [7, 11) is 6.66. The summed E-state index contributed by atoms with van der Waals surface area (Å²) in [5.41, 5.74) is 0.786. The largest absolute Gasteiger partial charge is 0.480 e. The highest BCUT2D eigenvalue weighted by Gasteiger charge is 2.43. The number of aliphatic carboxylic acids is 1. The van der Waals surface area contributed by atoms with E-state index in [1.807, 2.05) is 90.7 Å². The van der Waals surface area contributed by atoms with Crippen molar-refractivity contribution in [2.75, 3.05) is 41.4 Å². The van der Waals surface area contributed by atoms with Gasteiger partial charge in [-0.1, -0.05) is 92.1 Å². The highest BCUT2D eigenvalue weighted by molar-refractivity contribution is 5.90. The second kappa shape index (κ2) is 22.1. The molecule has 2 rings (SSSR count). The van der Waals surface area contributed by atoms with Gasteiger partial charge in [-0.25, -0.2) is 4.79 Å². The van der Waals surface area contributed by atoms with Crippen molar-refractivity contribution in [1.82, 2.24) is 25.3 Å². The van der Waals surface area contributed by atoms with Crippen molar-refractivity contribution in [3.05, 3.63) is 35.9 Å². The fourth-order valence-corrected chi connectivity index (χ4v) is 7.84. The molecule has 13 heteroatoms. The number of likely N-dealkylation sites (tertiary alicyclic amines) is 1. The fourth-order valence-electron chi connectivity index (χ4n) is 7.84. The zero-order chi connectivity index (χ0) is 40.9. The first-order chi connectivity index (χ1) is 25.4. The Balaban J connectivity index is 2.28. The van der Waals surface area contributed by atoms with E-state index < -0.39 is 60.2 Å². The standard InChI is InChI=1S/C41H69N5O8/c1-13-27(7)36(45(10)40(50)34(25(3)4)43-39(49)35(26(5)6)44(9)14-2)32(53-11)24-33(47)46-22-18-21-31(46)37(54-12)28(8)38(48)42-30(41(51)52)23-29-19-16-15-17-20-29/h15-17,19-20,25-28,30-32,34-37H,13-14,18,21-24H2,1-12H3,(H,42,48)(H,43,49)(H,51,52)/t27-,28+,30-,31-,32+,34-,35-,36-,37+/m0/s1. The number of amides is 4. The number of methoxy groups -OCH3 is 2. The molecule has 1 heterocycles. The molecule has 4 amide bonds. The van der Waals surface area contributed by atoms with Crippen LogP contribution in [0.5, 0.6) is 0 Å². The van der Waals surface area contributed by atoms with Crippen LogP contribution in [0.2, 0.25) is 0 Å². The van der Waals surface area contributed by atoms with Crippen LogP contribution in [0.25, 0.3) is 0 Å². The normalized spacial score (nSPS) is 19.1. The monoisotopic (exact) mass is 760 g/mol. The Morgan fingerprint density at radius 3 is 2.04 bits per heavy atom. The number of benzene rings is 1. The number of ether oxygens (including phenoxy) is 2. The van der Waals surface area contributed by atoms with Gasteiger partial charge in [0, 0.05) is 34.2 Å². The Labute approximate surface area is 323 Å². The van der Waals surface area contributed by atoms with E-state index in [1.165, 1.54) is 7.11 Å². The summed E-state index contributed by atoms with van der Waals surface area (Å²) in [5, 5.41) is 15.6. The van der Waals surface area contributed by atoms with Crippen molar-refractivity contribution in [2.24, 2.45) is 23.7 Å². The Morgan fingerprint density at radius 1 is 0.907 bits per heavy atom. The molecular formula is C41H69N5O8. The lowest BCUT2D eigenvalue weighted by Crippen LogP contribution is -2.60. The third-order valence-electron chi connectivity index (χ3n) is 11.3. The Morgan fingerprint density at radius 2 is 1.54 bits per heavy atom. The minimum absolute atomic E-state index is 0.00970.